The molecule has 1 fully saturated rings. The molecule has 3 aromatic rings. The molecule has 0 spiro atoms. The second-order valence-corrected chi connectivity index (χ2v) is 7.00. The van der Waals surface area contributed by atoms with E-state index in [4.69, 9.17) is 4.74 Å². The van der Waals surface area contributed by atoms with Gasteiger partial charge in [0.1, 0.15) is 5.75 Å². The Morgan fingerprint density at radius 1 is 1.08 bits per heavy atom. The minimum absolute atomic E-state index is 0.0711. The molecule has 1 N–H and O–H groups in total. The number of phenols is 1. The fraction of sp³-hybridized carbons (Fsp3) is 0.333. The lowest BCUT2D eigenvalue weighted by Gasteiger charge is -2.40. The molecule has 2 aromatic heterocycles. The summed E-state index contributed by atoms with van der Waals surface area (Å²) in [6, 6.07) is 11.6. The molecule has 3 heterocycles. The van der Waals surface area contributed by atoms with Crippen molar-refractivity contribution in [3.8, 4) is 5.75 Å². The summed E-state index contributed by atoms with van der Waals surface area (Å²) in [6.45, 7) is 5.79. The summed E-state index contributed by atoms with van der Waals surface area (Å²) in [7, 11) is 0. The lowest BCUT2D eigenvalue weighted by atomic mass is 9.94. The van der Waals surface area contributed by atoms with E-state index in [1.165, 1.54) is 0 Å². The molecular formula is C21H23N3O2. The Balaban J connectivity index is 1.84. The SMILES string of the molecule is CC1CN(C(c2ccncc2)c2cc3ncccc3cc2O)CC(C)O1. The van der Waals surface area contributed by atoms with Crippen LogP contribution in [0.1, 0.15) is 31.0 Å². The van der Waals surface area contributed by atoms with Gasteiger partial charge in [0.2, 0.25) is 0 Å². The minimum atomic E-state index is -0.0711. The summed E-state index contributed by atoms with van der Waals surface area (Å²) in [5.74, 6) is 0.291. The van der Waals surface area contributed by atoms with E-state index < -0.39 is 0 Å². The Kier molecular flexibility index (Phi) is 4.57. The molecule has 1 aliphatic heterocycles. The van der Waals surface area contributed by atoms with Crippen LogP contribution in [-0.4, -0.2) is 45.3 Å². The molecule has 3 atom stereocenters. The van der Waals surface area contributed by atoms with Crippen molar-refractivity contribution in [1.29, 1.82) is 0 Å². The van der Waals surface area contributed by atoms with Crippen molar-refractivity contribution < 1.29 is 9.84 Å². The van der Waals surface area contributed by atoms with E-state index in [9.17, 15) is 5.11 Å². The molecule has 0 saturated carbocycles. The number of aromatic nitrogens is 2. The van der Waals surface area contributed by atoms with Gasteiger partial charge in [-0.3, -0.25) is 14.9 Å². The van der Waals surface area contributed by atoms with Crippen LogP contribution in [0.3, 0.4) is 0 Å². The normalized spacial score (nSPS) is 22.4. The fourth-order valence-corrected chi connectivity index (χ4v) is 3.90. The van der Waals surface area contributed by atoms with Crippen LogP contribution in [0.4, 0.5) is 0 Å². The van der Waals surface area contributed by atoms with Crippen LogP contribution < -0.4 is 0 Å². The molecule has 0 radical (unpaired) electrons. The second-order valence-electron chi connectivity index (χ2n) is 7.00. The van der Waals surface area contributed by atoms with Crippen molar-refractivity contribution in [3.63, 3.8) is 0 Å². The molecular weight excluding hydrogens is 326 g/mol. The van der Waals surface area contributed by atoms with Crippen LogP contribution in [0, 0.1) is 0 Å². The van der Waals surface area contributed by atoms with Crippen molar-refractivity contribution in [3.05, 3.63) is 66.1 Å². The van der Waals surface area contributed by atoms with Crippen molar-refractivity contribution in [2.75, 3.05) is 13.1 Å². The largest absolute Gasteiger partial charge is 0.508 e. The predicted molar refractivity (Wildman–Crippen MR) is 101 cm³/mol. The third-order valence-electron chi connectivity index (χ3n) is 4.88. The van der Waals surface area contributed by atoms with Crippen LogP contribution in [0.25, 0.3) is 10.9 Å². The maximum Gasteiger partial charge on any atom is 0.121 e. The van der Waals surface area contributed by atoms with E-state index in [-0.39, 0.29) is 18.2 Å². The molecule has 1 aliphatic rings. The van der Waals surface area contributed by atoms with Gasteiger partial charge in [-0.2, -0.15) is 0 Å². The highest BCUT2D eigenvalue weighted by atomic mass is 16.5. The Morgan fingerprint density at radius 3 is 2.54 bits per heavy atom. The monoisotopic (exact) mass is 349 g/mol. The van der Waals surface area contributed by atoms with Crippen LogP contribution in [0.5, 0.6) is 5.75 Å². The molecule has 26 heavy (non-hydrogen) atoms. The summed E-state index contributed by atoms with van der Waals surface area (Å²) in [5, 5.41) is 11.7. The standard InChI is InChI=1S/C21H23N3O2/c1-14-12-24(13-15(2)26-14)21(16-5-8-22-9-6-16)18-11-19-17(10-20(18)25)4-3-7-23-19/h3-11,14-15,21,25H,12-13H2,1-2H3. The highest BCUT2D eigenvalue weighted by Gasteiger charge is 2.31. The quantitative estimate of drug-likeness (QED) is 0.784. The molecule has 1 aromatic carbocycles. The second kappa shape index (κ2) is 7.02. The number of fused-ring (bicyclic) bond motifs is 1. The lowest BCUT2D eigenvalue weighted by molar-refractivity contribution is -0.0767. The lowest BCUT2D eigenvalue weighted by Crippen LogP contribution is -2.47. The molecule has 134 valence electrons. The highest BCUT2D eigenvalue weighted by Crippen LogP contribution is 2.37. The maximum atomic E-state index is 10.8. The number of ether oxygens (including phenoxy) is 1. The van der Waals surface area contributed by atoms with Crippen LogP contribution in [-0.2, 0) is 4.74 Å². The zero-order valence-corrected chi connectivity index (χ0v) is 15.0. The smallest absolute Gasteiger partial charge is 0.121 e. The first kappa shape index (κ1) is 16.9. The van der Waals surface area contributed by atoms with Crippen LogP contribution >= 0.6 is 0 Å². The maximum absolute atomic E-state index is 10.8. The molecule has 1 saturated heterocycles. The Labute approximate surface area is 153 Å². The predicted octanol–water partition coefficient (Wildman–Crippen LogP) is 3.53. The molecule has 3 unspecified atom stereocenters. The Hall–Kier alpha value is -2.50. The first-order valence-corrected chi connectivity index (χ1v) is 8.99. The van der Waals surface area contributed by atoms with E-state index in [1.54, 1.807) is 24.7 Å². The van der Waals surface area contributed by atoms with Crippen molar-refractivity contribution in [1.82, 2.24) is 14.9 Å². The van der Waals surface area contributed by atoms with Crippen molar-refractivity contribution in [2.45, 2.75) is 32.1 Å². The van der Waals surface area contributed by atoms with Crippen LogP contribution in [0.2, 0.25) is 0 Å². The van der Waals surface area contributed by atoms with Gasteiger partial charge in [-0.05, 0) is 49.7 Å². The number of phenolic OH excluding ortho intramolecular Hbond substituents is 1. The van der Waals surface area contributed by atoms with Gasteiger partial charge in [-0.25, -0.2) is 0 Å². The first-order chi connectivity index (χ1) is 12.6. The zero-order valence-electron chi connectivity index (χ0n) is 15.0. The van der Waals surface area contributed by atoms with Gasteiger partial charge in [0.25, 0.3) is 0 Å². The number of pyridine rings is 2. The van der Waals surface area contributed by atoms with Gasteiger partial charge < -0.3 is 9.84 Å². The van der Waals surface area contributed by atoms with E-state index in [1.807, 2.05) is 30.3 Å². The molecule has 4 rings (SSSR count). The number of hydrogen-bond donors (Lipinski definition) is 1. The van der Waals surface area contributed by atoms with Gasteiger partial charge in [-0.1, -0.05) is 6.07 Å². The number of aromatic hydroxyl groups is 1. The van der Waals surface area contributed by atoms with E-state index in [0.29, 0.717) is 5.75 Å². The van der Waals surface area contributed by atoms with E-state index >= 15 is 0 Å². The molecule has 5 heteroatoms. The van der Waals surface area contributed by atoms with Gasteiger partial charge >= 0.3 is 0 Å². The average molecular weight is 349 g/mol. The summed E-state index contributed by atoms with van der Waals surface area (Å²) in [4.78, 5) is 11.0. The molecule has 5 nitrogen and oxygen atoms in total. The molecule has 0 bridgehead atoms. The third-order valence-corrected chi connectivity index (χ3v) is 4.88. The van der Waals surface area contributed by atoms with Crippen molar-refractivity contribution in [2.24, 2.45) is 0 Å². The highest BCUT2D eigenvalue weighted by molar-refractivity contribution is 5.81. The number of morpholine rings is 1. The summed E-state index contributed by atoms with van der Waals surface area (Å²) in [5.41, 5.74) is 2.85. The van der Waals surface area contributed by atoms with E-state index in [0.717, 1.165) is 35.1 Å². The number of hydrogen-bond acceptors (Lipinski definition) is 5. The van der Waals surface area contributed by atoms with Gasteiger partial charge in [0.05, 0.1) is 23.8 Å². The zero-order chi connectivity index (χ0) is 18.1. The number of benzene rings is 1. The summed E-state index contributed by atoms with van der Waals surface area (Å²) in [6.07, 6.45) is 5.66. The first-order valence-electron chi connectivity index (χ1n) is 8.99. The van der Waals surface area contributed by atoms with E-state index in [2.05, 4.69) is 28.7 Å². The Morgan fingerprint density at radius 2 is 1.81 bits per heavy atom. The van der Waals surface area contributed by atoms with Crippen molar-refractivity contribution >= 4 is 10.9 Å². The van der Waals surface area contributed by atoms with Gasteiger partial charge in [0, 0.05) is 42.6 Å². The average Bonchev–Trinajstić information content (AvgIpc) is 2.62. The summed E-state index contributed by atoms with van der Waals surface area (Å²) >= 11 is 0. The minimum Gasteiger partial charge on any atom is -0.508 e. The number of nitrogens with zero attached hydrogens (tertiary/aromatic N) is 3. The molecule has 0 amide bonds. The Bertz CT molecular complexity index is 890. The van der Waals surface area contributed by atoms with Gasteiger partial charge in [0.15, 0.2) is 0 Å². The topological polar surface area (TPSA) is 58.5 Å². The number of rotatable bonds is 3. The molecule has 0 aliphatic carbocycles. The fourth-order valence-electron chi connectivity index (χ4n) is 3.90. The summed E-state index contributed by atoms with van der Waals surface area (Å²) < 4.78 is 5.91. The van der Waals surface area contributed by atoms with Gasteiger partial charge in [-0.15, -0.1) is 0 Å². The van der Waals surface area contributed by atoms with Crippen LogP contribution in [0.15, 0.2) is 55.0 Å². The third kappa shape index (κ3) is 3.28.